The summed E-state index contributed by atoms with van der Waals surface area (Å²) < 4.78 is 25.3. The minimum Gasteiger partial charge on any atom is -0.356 e. The molecule has 0 spiro atoms. The molecule has 1 aliphatic heterocycles. The average molecular weight is 487 g/mol. The van der Waals surface area contributed by atoms with Crippen LogP contribution in [0.15, 0.2) is 4.99 Å². The van der Waals surface area contributed by atoms with Gasteiger partial charge in [0.25, 0.3) is 0 Å². The van der Waals surface area contributed by atoms with Gasteiger partial charge >= 0.3 is 0 Å². The molecule has 1 saturated carbocycles. The van der Waals surface area contributed by atoms with E-state index in [9.17, 15) is 8.42 Å². The van der Waals surface area contributed by atoms with E-state index in [0.29, 0.717) is 19.1 Å². The van der Waals surface area contributed by atoms with Crippen molar-refractivity contribution in [1.29, 1.82) is 0 Å². The molecule has 2 aliphatic rings. The molecule has 148 valence electrons. The van der Waals surface area contributed by atoms with E-state index in [0.717, 1.165) is 31.4 Å². The van der Waals surface area contributed by atoms with Gasteiger partial charge in [-0.2, -0.15) is 0 Å². The van der Waals surface area contributed by atoms with Crippen LogP contribution < -0.4 is 15.4 Å². The highest BCUT2D eigenvalue weighted by Gasteiger charge is 2.30. The molecular weight excluding hydrogens is 453 g/mol. The highest BCUT2D eigenvalue weighted by molar-refractivity contribution is 14.0. The third kappa shape index (κ3) is 7.96. The second-order valence-electron chi connectivity index (χ2n) is 6.71. The number of rotatable bonds is 8. The van der Waals surface area contributed by atoms with Crippen molar-refractivity contribution in [3.8, 4) is 0 Å². The van der Waals surface area contributed by atoms with Gasteiger partial charge in [0.15, 0.2) is 5.96 Å². The molecule has 0 aromatic rings. The van der Waals surface area contributed by atoms with E-state index < -0.39 is 10.0 Å². The predicted molar refractivity (Wildman–Crippen MR) is 114 cm³/mol. The lowest BCUT2D eigenvalue weighted by molar-refractivity contribution is 0.242. The number of likely N-dealkylation sites (tertiary alicyclic amines) is 1. The molecule has 7 nitrogen and oxygen atoms in total. The molecule has 0 bridgehead atoms. The van der Waals surface area contributed by atoms with Gasteiger partial charge in [0, 0.05) is 45.3 Å². The van der Waals surface area contributed by atoms with E-state index >= 15 is 0 Å². The minimum absolute atomic E-state index is 0. The normalized spacial score (nSPS) is 22.8. The van der Waals surface area contributed by atoms with Crippen molar-refractivity contribution >= 4 is 40.0 Å². The molecule has 1 unspecified atom stereocenters. The number of aliphatic imine (C=N–C) groups is 1. The summed E-state index contributed by atoms with van der Waals surface area (Å²) in [5.41, 5.74) is 0. The first kappa shape index (κ1) is 22.9. The van der Waals surface area contributed by atoms with Crippen molar-refractivity contribution in [3.05, 3.63) is 0 Å². The van der Waals surface area contributed by atoms with Gasteiger partial charge in [0.05, 0.1) is 5.75 Å². The van der Waals surface area contributed by atoms with Gasteiger partial charge in [0.2, 0.25) is 10.0 Å². The molecule has 2 rings (SSSR count). The van der Waals surface area contributed by atoms with E-state index in [2.05, 4.69) is 25.2 Å². The molecule has 1 saturated heterocycles. The van der Waals surface area contributed by atoms with Crippen LogP contribution in [-0.4, -0.2) is 70.3 Å². The molecule has 0 aromatic carbocycles. The topological polar surface area (TPSA) is 85.8 Å². The van der Waals surface area contributed by atoms with Gasteiger partial charge < -0.3 is 10.6 Å². The molecule has 0 amide bonds. The van der Waals surface area contributed by atoms with Crippen LogP contribution in [0.1, 0.15) is 45.4 Å². The van der Waals surface area contributed by atoms with Gasteiger partial charge in [-0.3, -0.25) is 9.89 Å². The smallest absolute Gasteiger partial charge is 0.211 e. The summed E-state index contributed by atoms with van der Waals surface area (Å²) in [6.45, 7) is 5.08. The first-order chi connectivity index (χ1) is 11.5. The lowest BCUT2D eigenvalue weighted by atomic mass is 10.2. The fourth-order valence-corrected chi connectivity index (χ4v) is 4.18. The molecular formula is C16H34IN5O2S. The minimum atomic E-state index is -3.09. The highest BCUT2D eigenvalue weighted by atomic mass is 127. The number of guanidine groups is 1. The fourth-order valence-electron chi connectivity index (χ4n) is 3.52. The Morgan fingerprint density at radius 3 is 2.56 bits per heavy atom. The maximum Gasteiger partial charge on any atom is 0.211 e. The number of hydrogen-bond acceptors (Lipinski definition) is 4. The number of sulfonamides is 1. The summed E-state index contributed by atoms with van der Waals surface area (Å²) in [5, 5.41) is 6.77. The Morgan fingerprint density at radius 2 is 1.92 bits per heavy atom. The van der Waals surface area contributed by atoms with Crippen molar-refractivity contribution in [3.63, 3.8) is 0 Å². The van der Waals surface area contributed by atoms with Gasteiger partial charge in [-0.05, 0) is 32.6 Å². The molecule has 1 aliphatic carbocycles. The van der Waals surface area contributed by atoms with Crippen LogP contribution in [0.2, 0.25) is 0 Å². The standard InChI is InChI=1S/C16H33N5O2S.HI/c1-3-24(22,23)19-11-6-10-18-16(17-2)20-14-9-12-21(13-14)15-7-4-5-8-15;/h14-15,19H,3-13H2,1-2H3,(H2,17,18,20);1H. The number of nitrogens with one attached hydrogen (secondary N) is 3. The Labute approximate surface area is 169 Å². The Morgan fingerprint density at radius 1 is 1.20 bits per heavy atom. The van der Waals surface area contributed by atoms with E-state index in [4.69, 9.17) is 0 Å². The van der Waals surface area contributed by atoms with Crippen LogP contribution in [0.25, 0.3) is 0 Å². The molecule has 1 heterocycles. The zero-order valence-electron chi connectivity index (χ0n) is 15.5. The Bertz CT molecular complexity index is 509. The van der Waals surface area contributed by atoms with Crippen molar-refractivity contribution in [2.75, 3.05) is 39.0 Å². The summed E-state index contributed by atoms with van der Waals surface area (Å²) in [6.07, 6.45) is 7.36. The fraction of sp³-hybridized carbons (Fsp3) is 0.938. The zero-order valence-corrected chi connectivity index (χ0v) is 18.6. The van der Waals surface area contributed by atoms with Crippen molar-refractivity contribution in [2.45, 2.75) is 57.5 Å². The van der Waals surface area contributed by atoms with Crippen LogP contribution >= 0.6 is 24.0 Å². The molecule has 0 radical (unpaired) electrons. The van der Waals surface area contributed by atoms with Crippen LogP contribution in [0.5, 0.6) is 0 Å². The number of nitrogens with zero attached hydrogens (tertiary/aromatic N) is 2. The molecule has 25 heavy (non-hydrogen) atoms. The summed E-state index contributed by atoms with van der Waals surface area (Å²) >= 11 is 0. The number of hydrogen-bond donors (Lipinski definition) is 3. The Balaban J connectivity index is 0.00000312. The number of halogens is 1. The monoisotopic (exact) mass is 487 g/mol. The Kier molecular flexibility index (Phi) is 10.6. The highest BCUT2D eigenvalue weighted by Crippen LogP contribution is 2.26. The van der Waals surface area contributed by atoms with E-state index in [1.54, 1.807) is 14.0 Å². The summed E-state index contributed by atoms with van der Waals surface area (Å²) in [6, 6.07) is 1.24. The first-order valence-electron chi connectivity index (χ1n) is 9.22. The first-order valence-corrected chi connectivity index (χ1v) is 10.9. The second kappa shape index (κ2) is 11.6. The van der Waals surface area contributed by atoms with Crippen molar-refractivity contribution in [2.24, 2.45) is 4.99 Å². The summed E-state index contributed by atoms with van der Waals surface area (Å²) in [7, 11) is -1.31. The third-order valence-electron chi connectivity index (χ3n) is 4.97. The summed E-state index contributed by atoms with van der Waals surface area (Å²) in [4.78, 5) is 6.90. The molecule has 9 heteroatoms. The lowest BCUT2D eigenvalue weighted by Gasteiger charge is -2.24. The third-order valence-corrected chi connectivity index (χ3v) is 6.38. The van der Waals surface area contributed by atoms with Crippen molar-refractivity contribution in [1.82, 2.24) is 20.3 Å². The van der Waals surface area contributed by atoms with Crippen LogP contribution in [0.3, 0.4) is 0 Å². The van der Waals surface area contributed by atoms with Gasteiger partial charge in [-0.15, -0.1) is 24.0 Å². The van der Waals surface area contributed by atoms with E-state index in [1.807, 2.05) is 0 Å². The summed E-state index contributed by atoms with van der Waals surface area (Å²) in [5.74, 6) is 0.939. The maximum atomic E-state index is 11.4. The van der Waals surface area contributed by atoms with Gasteiger partial charge in [-0.1, -0.05) is 12.8 Å². The van der Waals surface area contributed by atoms with Crippen LogP contribution in [-0.2, 0) is 10.0 Å². The zero-order chi connectivity index (χ0) is 17.4. The SMILES string of the molecule is CCS(=O)(=O)NCCCNC(=NC)NC1CCN(C2CCCC2)C1.I. The lowest BCUT2D eigenvalue weighted by Crippen LogP contribution is -2.45. The average Bonchev–Trinajstić information content (AvgIpc) is 3.24. The van der Waals surface area contributed by atoms with Gasteiger partial charge in [0.1, 0.15) is 0 Å². The quantitative estimate of drug-likeness (QED) is 0.207. The van der Waals surface area contributed by atoms with E-state index in [-0.39, 0.29) is 29.7 Å². The predicted octanol–water partition coefficient (Wildman–Crippen LogP) is 1.12. The molecule has 3 N–H and O–H groups in total. The largest absolute Gasteiger partial charge is 0.356 e. The Hall–Kier alpha value is -0.130. The van der Waals surface area contributed by atoms with Gasteiger partial charge in [-0.25, -0.2) is 13.1 Å². The molecule has 1 atom stereocenters. The molecule has 2 fully saturated rings. The van der Waals surface area contributed by atoms with Crippen LogP contribution in [0, 0.1) is 0 Å². The van der Waals surface area contributed by atoms with Crippen LogP contribution in [0.4, 0.5) is 0 Å². The second-order valence-corrected chi connectivity index (χ2v) is 8.81. The van der Waals surface area contributed by atoms with Crippen molar-refractivity contribution < 1.29 is 8.42 Å². The maximum absolute atomic E-state index is 11.4. The molecule has 0 aromatic heterocycles. The van der Waals surface area contributed by atoms with E-state index in [1.165, 1.54) is 32.2 Å².